The molecule has 2 aliphatic carbocycles. The minimum absolute atomic E-state index is 0.162. The van der Waals surface area contributed by atoms with Gasteiger partial charge >= 0.3 is 0 Å². The second kappa shape index (κ2) is 4.63. The van der Waals surface area contributed by atoms with E-state index in [0.717, 1.165) is 12.8 Å². The van der Waals surface area contributed by atoms with Crippen molar-refractivity contribution >= 4 is 10.0 Å². The van der Waals surface area contributed by atoms with Crippen LogP contribution in [0, 0.1) is 11.8 Å². The molecule has 0 spiro atoms. The number of hydrogen-bond donors (Lipinski definition) is 2. The van der Waals surface area contributed by atoms with Gasteiger partial charge in [-0.1, -0.05) is 6.42 Å². The molecule has 2 unspecified atom stereocenters. The molecule has 0 radical (unpaired) electrons. The fraction of sp³-hybridized carbons (Fsp3) is 1.00. The summed E-state index contributed by atoms with van der Waals surface area (Å²) in [7, 11) is -1.02. The van der Waals surface area contributed by atoms with Crippen molar-refractivity contribution in [3.8, 4) is 0 Å². The topological polar surface area (TPSA) is 58.2 Å². The first kappa shape index (κ1) is 12.3. The van der Waals surface area contributed by atoms with Gasteiger partial charge in [0.15, 0.2) is 0 Å². The fourth-order valence-electron chi connectivity index (χ4n) is 3.61. The van der Waals surface area contributed by atoms with E-state index in [4.69, 9.17) is 0 Å². The Hall–Kier alpha value is -0.130. The van der Waals surface area contributed by atoms with Crippen LogP contribution in [-0.2, 0) is 10.0 Å². The zero-order valence-corrected chi connectivity index (χ0v) is 10.9. The molecule has 0 amide bonds. The Bertz CT molecular complexity index is 328. The Labute approximate surface area is 98.2 Å². The van der Waals surface area contributed by atoms with Crippen molar-refractivity contribution < 1.29 is 8.42 Å². The second-order valence-electron chi connectivity index (χ2n) is 5.32. The Morgan fingerprint density at radius 3 is 2.12 bits per heavy atom. The molecular formula is C11H22N2O2S. The van der Waals surface area contributed by atoms with E-state index < -0.39 is 10.0 Å². The third-order valence-corrected chi connectivity index (χ3v) is 4.82. The van der Waals surface area contributed by atoms with Gasteiger partial charge in [0.1, 0.15) is 0 Å². The van der Waals surface area contributed by atoms with Gasteiger partial charge in [0.05, 0.1) is 6.26 Å². The Balaban J connectivity index is 2.03. The van der Waals surface area contributed by atoms with Crippen LogP contribution >= 0.6 is 0 Å². The van der Waals surface area contributed by atoms with E-state index in [1.165, 1.54) is 25.5 Å². The summed E-state index contributed by atoms with van der Waals surface area (Å²) < 4.78 is 25.3. The van der Waals surface area contributed by atoms with Crippen LogP contribution in [0.15, 0.2) is 0 Å². The molecule has 0 aromatic rings. The summed E-state index contributed by atoms with van der Waals surface area (Å²) in [5.74, 6) is 1.30. The number of hydrogen-bond acceptors (Lipinski definition) is 3. The average molecular weight is 246 g/mol. The summed E-state index contributed by atoms with van der Waals surface area (Å²) >= 11 is 0. The van der Waals surface area contributed by atoms with Gasteiger partial charge in [-0.2, -0.15) is 0 Å². The molecule has 0 aromatic heterocycles. The van der Waals surface area contributed by atoms with Crippen LogP contribution < -0.4 is 10.0 Å². The molecule has 0 saturated heterocycles. The predicted octanol–water partition coefficient (Wildman–Crippen LogP) is 0.702. The van der Waals surface area contributed by atoms with E-state index in [-0.39, 0.29) is 6.04 Å². The fourth-order valence-corrected chi connectivity index (χ4v) is 4.41. The van der Waals surface area contributed by atoms with E-state index in [2.05, 4.69) is 10.0 Å². The molecule has 0 heterocycles. The molecule has 2 atom stereocenters. The lowest BCUT2D eigenvalue weighted by Crippen LogP contribution is -2.52. The predicted molar refractivity (Wildman–Crippen MR) is 64.7 cm³/mol. The molecule has 2 fully saturated rings. The van der Waals surface area contributed by atoms with E-state index in [9.17, 15) is 8.42 Å². The molecule has 2 saturated carbocycles. The van der Waals surface area contributed by atoms with Gasteiger partial charge < -0.3 is 5.32 Å². The van der Waals surface area contributed by atoms with Crippen molar-refractivity contribution in [3.63, 3.8) is 0 Å². The molecule has 2 aliphatic rings. The third kappa shape index (κ3) is 2.76. The van der Waals surface area contributed by atoms with Gasteiger partial charge in [-0.05, 0) is 44.6 Å². The third-order valence-electron chi connectivity index (χ3n) is 4.05. The van der Waals surface area contributed by atoms with Crippen molar-refractivity contribution in [2.75, 3.05) is 13.3 Å². The van der Waals surface area contributed by atoms with Gasteiger partial charge in [0, 0.05) is 12.1 Å². The molecule has 0 aromatic carbocycles. The summed E-state index contributed by atoms with van der Waals surface area (Å²) in [6.45, 7) is 0. The molecule has 2 bridgehead atoms. The molecule has 2 rings (SSSR count). The van der Waals surface area contributed by atoms with Crippen molar-refractivity contribution in [1.82, 2.24) is 10.0 Å². The van der Waals surface area contributed by atoms with Crippen LogP contribution in [0.5, 0.6) is 0 Å². The van der Waals surface area contributed by atoms with Crippen molar-refractivity contribution in [1.29, 1.82) is 0 Å². The van der Waals surface area contributed by atoms with E-state index in [1.807, 2.05) is 7.05 Å². The summed E-state index contributed by atoms with van der Waals surface area (Å²) in [5.41, 5.74) is 0. The zero-order chi connectivity index (χ0) is 11.8. The maximum atomic E-state index is 11.2. The van der Waals surface area contributed by atoms with Gasteiger partial charge in [0.2, 0.25) is 10.0 Å². The molecular weight excluding hydrogens is 224 g/mol. The summed E-state index contributed by atoms with van der Waals surface area (Å²) in [5, 5.41) is 3.41. The summed E-state index contributed by atoms with van der Waals surface area (Å²) in [6, 6.07) is 0.765. The lowest BCUT2D eigenvalue weighted by atomic mass is 9.67. The lowest BCUT2D eigenvalue weighted by molar-refractivity contribution is 0.111. The van der Waals surface area contributed by atoms with E-state index in [0.29, 0.717) is 17.9 Å². The summed E-state index contributed by atoms with van der Waals surface area (Å²) in [6.07, 6.45) is 7.03. The molecule has 0 aliphatic heterocycles. The van der Waals surface area contributed by atoms with Crippen molar-refractivity contribution in [2.24, 2.45) is 11.8 Å². The molecule has 94 valence electrons. The monoisotopic (exact) mass is 246 g/mol. The molecule has 4 nitrogen and oxygen atoms in total. The first-order chi connectivity index (χ1) is 7.49. The van der Waals surface area contributed by atoms with Gasteiger partial charge in [-0.3, -0.25) is 0 Å². The molecule has 16 heavy (non-hydrogen) atoms. The minimum atomic E-state index is -3.05. The number of rotatable bonds is 3. The second-order valence-corrected chi connectivity index (χ2v) is 7.10. The maximum absolute atomic E-state index is 11.2. The van der Waals surface area contributed by atoms with Crippen LogP contribution in [0.3, 0.4) is 0 Å². The summed E-state index contributed by atoms with van der Waals surface area (Å²) in [4.78, 5) is 0. The number of sulfonamides is 1. The largest absolute Gasteiger partial charge is 0.316 e. The van der Waals surface area contributed by atoms with Crippen LogP contribution in [-0.4, -0.2) is 33.8 Å². The molecule has 2 N–H and O–H groups in total. The van der Waals surface area contributed by atoms with Gasteiger partial charge in [-0.15, -0.1) is 0 Å². The van der Waals surface area contributed by atoms with E-state index in [1.54, 1.807) is 0 Å². The molecule has 5 heteroatoms. The Kier molecular flexibility index (Phi) is 3.56. The zero-order valence-electron chi connectivity index (χ0n) is 10.1. The Morgan fingerprint density at radius 1 is 1.12 bits per heavy atom. The van der Waals surface area contributed by atoms with E-state index >= 15 is 0 Å². The highest BCUT2D eigenvalue weighted by Crippen LogP contribution is 2.40. The average Bonchev–Trinajstić information content (AvgIpc) is 2.13. The van der Waals surface area contributed by atoms with Crippen LogP contribution in [0.4, 0.5) is 0 Å². The number of nitrogens with one attached hydrogen (secondary N) is 2. The lowest BCUT2D eigenvalue weighted by Gasteiger charge is -2.45. The van der Waals surface area contributed by atoms with Crippen LogP contribution in [0.1, 0.15) is 32.1 Å². The smallest absolute Gasteiger partial charge is 0.208 e. The first-order valence-electron chi connectivity index (χ1n) is 6.14. The quantitative estimate of drug-likeness (QED) is 0.771. The highest BCUT2D eigenvalue weighted by Gasteiger charge is 2.39. The van der Waals surface area contributed by atoms with Crippen LogP contribution in [0.25, 0.3) is 0 Å². The highest BCUT2D eigenvalue weighted by atomic mass is 32.2. The SMILES string of the molecule is CNC1C2CCCC1CC(NS(C)(=O)=O)C2. The van der Waals surface area contributed by atoms with Gasteiger partial charge in [-0.25, -0.2) is 13.1 Å². The standard InChI is InChI=1S/C11H22N2O2S/c1-12-11-8-4-3-5-9(11)7-10(6-8)13-16(2,14)15/h8-13H,3-7H2,1-2H3. The van der Waals surface area contributed by atoms with Crippen LogP contribution in [0.2, 0.25) is 0 Å². The van der Waals surface area contributed by atoms with Crippen molar-refractivity contribution in [2.45, 2.75) is 44.2 Å². The maximum Gasteiger partial charge on any atom is 0.208 e. The Morgan fingerprint density at radius 2 is 1.69 bits per heavy atom. The highest BCUT2D eigenvalue weighted by molar-refractivity contribution is 7.88. The first-order valence-corrected chi connectivity index (χ1v) is 8.03. The normalized spacial score (nSPS) is 39.6. The number of fused-ring (bicyclic) bond motifs is 2. The van der Waals surface area contributed by atoms with Gasteiger partial charge in [0.25, 0.3) is 0 Å². The van der Waals surface area contributed by atoms with Crippen molar-refractivity contribution in [3.05, 3.63) is 0 Å². The minimum Gasteiger partial charge on any atom is -0.316 e.